The number of nitrogens with one attached hydrogen (secondary N) is 1. The Hall–Kier alpha value is -1.96. The number of sulfone groups is 1. The summed E-state index contributed by atoms with van der Waals surface area (Å²) >= 11 is 0. The van der Waals surface area contributed by atoms with Crippen molar-refractivity contribution >= 4 is 27.3 Å². The molecule has 0 radical (unpaired) electrons. The fraction of sp³-hybridized carbons (Fsp3) is 0.429. The number of halogens is 1. The maximum Gasteiger partial charge on any atom is 0.313 e. The summed E-state index contributed by atoms with van der Waals surface area (Å²) in [6, 6.07) is 5.01. The van der Waals surface area contributed by atoms with Gasteiger partial charge < -0.3 is 10.2 Å². The molecule has 2 amide bonds. The summed E-state index contributed by atoms with van der Waals surface area (Å²) in [6.07, 6.45) is 0.314. The van der Waals surface area contributed by atoms with Gasteiger partial charge in [0.25, 0.3) is 0 Å². The highest BCUT2D eigenvalue weighted by atomic mass is 32.2. The average molecular weight is 328 g/mol. The lowest BCUT2D eigenvalue weighted by atomic mass is 10.2. The standard InChI is InChI=1S/C14H17FN2O4S/c1-2-17(10-7-8-22(20,21)9-10)14(19)13(18)16-12-6-4-3-5-11(12)15/h3-6,10H,2,7-9H2,1H3,(H,16,18). The van der Waals surface area contributed by atoms with Gasteiger partial charge in [-0.15, -0.1) is 0 Å². The Kier molecular flexibility index (Phi) is 4.80. The molecule has 0 aliphatic carbocycles. The maximum atomic E-state index is 13.5. The van der Waals surface area contributed by atoms with E-state index in [0.29, 0.717) is 6.42 Å². The quantitative estimate of drug-likeness (QED) is 0.832. The zero-order valence-corrected chi connectivity index (χ0v) is 12.9. The minimum atomic E-state index is -3.16. The highest BCUT2D eigenvalue weighted by Crippen LogP contribution is 2.18. The molecule has 0 aromatic heterocycles. The van der Waals surface area contributed by atoms with Gasteiger partial charge in [-0.1, -0.05) is 12.1 Å². The van der Waals surface area contributed by atoms with Crippen molar-refractivity contribution in [3.8, 4) is 0 Å². The van der Waals surface area contributed by atoms with Crippen LogP contribution in [-0.2, 0) is 19.4 Å². The zero-order chi connectivity index (χ0) is 16.3. The lowest BCUT2D eigenvalue weighted by Crippen LogP contribution is -2.46. The van der Waals surface area contributed by atoms with Crippen LogP contribution in [0.3, 0.4) is 0 Å². The summed E-state index contributed by atoms with van der Waals surface area (Å²) in [7, 11) is -3.16. The molecule has 1 heterocycles. The summed E-state index contributed by atoms with van der Waals surface area (Å²) < 4.78 is 36.5. The third-order valence-corrected chi connectivity index (χ3v) is 5.32. The normalized spacial score (nSPS) is 19.6. The Morgan fingerprint density at radius 2 is 2.05 bits per heavy atom. The molecule has 1 unspecified atom stereocenters. The molecule has 1 saturated heterocycles. The van der Waals surface area contributed by atoms with Crippen LogP contribution in [0.1, 0.15) is 13.3 Å². The lowest BCUT2D eigenvalue weighted by Gasteiger charge is -2.26. The first kappa shape index (κ1) is 16.4. The molecule has 0 spiro atoms. The molecule has 0 saturated carbocycles. The first-order valence-corrected chi connectivity index (χ1v) is 8.73. The molecule has 1 aliphatic heterocycles. The Labute approximate surface area is 128 Å². The summed E-state index contributed by atoms with van der Waals surface area (Å²) in [4.78, 5) is 25.4. The van der Waals surface area contributed by atoms with E-state index in [1.54, 1.807) is 6.92 Å². The van der Waals surface area contributed by atoms with Gasteiger partial charge in [0.05, 0.1) is 17.2 Å². The molecule has 1 aromatic carbocycles. The van der Waals surface area contributed by atoms with Gasteiger partial charge in [0.2, 0.25) is 0 Å². The maximum absolute atomic E-state index is 13.5. The van der Waals surface area contributed by atoms with Gasteiger partial charge in [-0.05, 0) is 25.5 Å². The number of anilines is 1. The predicted molar refractivity (Wildman–Crippen MR) is 79.5 cm³/mol. The number of benzene rings is 1. The highest BCUT2D eigenvalue weighted by molar-refractivity contribution is 7.91. The molecule has 1 atom stereocenters. The van der Waals surface area contributed by atoms with Crippen LogP contribution in [0.2, 0.25) is 0 Å². The highest BCUT2D eigenvalue weighted by Gasteiger charge is 2.36. The molecule has 0 bridgehead atoms. The first-order chi connectivity index (χ1) is 10.3. The van der Waals surface area contributed by atoms with Crippen molar-refractivity contribution in [2.45, 2.75) is 19.4 Å². The van der Waals surface area contributed by atoms with E-state index in [9.17, 15) is 22.4 Å². The van der Waals surface area contributed by atoms with Crippen molar-refractivity contribution in [2.75, 3.05) is 23.4 Å². The Bertz CT molecular complexity index is 690. The third kappa shape index (κ3) is 3.62. The van der Waals surface area contributed by atoms with Crippen LogP contribution in [-0.4, -0.2) is 49.2 Å². The van der Waals surface area contributed by atoms with Crippen LogP contribution in [0, 0.1) is 5.82 Å². The van der Waals surface area contributed by atoms with E-state index in [1.807, 2.05) is 0 Å². The van der Waals surface area contributed by atoms with Crippen LogP contribution in [0.25, 0.3) is 0 Å². The minimum Gasteiger partial charge on any atom is -0.331 e. The van der Waals surface area contributed by atoms with E-state index in [1.165, 1.54) is 29.2 Å². The van der Waals surface area contributed by atoms with Gasteiger partial charge in [-0.3, -0.25) is 9.59 Å². The van der Waals surface area contributed by atoms with Crippen LogP contribution >= 0.6 is 0 Å². The molecule has 1 fully saturated rings. The summed E-state index contributed by atoms with van der Waals surface area (Å²) in [5.41, 5.74) is -0.0871. The molecule has 2 rings (SSSR count). The summed E-state index contributed by atoms with van der Waals surface area (Å²) in [5.74, 6) is -2.60. The van der Waals surface area contributed by atoms with Gasteiger partial charge in [0.1, 0.15) is 5.82 Å². The van der Waals surface area contributed by atoms with E-state index >= 15 is 0 Å². The fourth-order valence-corrected chi connectivity index (χ4v) is 4.19. The van der Waals surface area contributed by atoms with Crippen LogP contribution < -0.4 is 5.32 Å². The Morgan fingerprint density at radius 1 is 1.36 bits per heavy atom. The van der Waals surface area contributed by atoms with Gasteiger partial charge in [0, 0.05) is 12.6 Å². The van der Waals surface area contributed by atoms with Crippen LogP contribution in [0.5, 0.6) is 0 Å². The first-order valence-electron chi connectivity index (χ1n) is 6.91. The van der Waals surface area contributed by atoms with Crippen molar-refractivity contribution in [1.82, 2.24) is 4.90 Å². The van der Waals surface area contributed by atoms with E-state index < -0.39 is 33.5 Å². The number of carbonyl (C=O) groups excluding carboxylic acids is 2. The second-order valence-corrected chi connectivity index (χ2v) is 7.31. The van der Waals surface area contributed by atoms with Gasteiger partial charge in [0.15, 0.2) is 9.84 Å². The number of rotatable bonds is 3. The minimum absolute atomic E-state index is 0.0103. The molecule has 6 nitrogen and oxygen atoms in total. The number of likely N-dealkylation sites (N-methyl/N-ethyl adjacent to an activating group) is 1. The fourth-order valence-electron chi connectivity index (χ4n) is 2.46. The largest absolute Gasteiger partial charge is 0.331 e. The van der Waals surface area contributed by atoms with Gasteiger partial charge in [-0.2, -0.15) is 0 Å². The van der Waals surface area contributed by atoms with Crippen molar-refractivity contribution in [3.05, 3.63) is 30.1 Å². The number of nitrogens with zero attached hydrogens (tertiary/aromatic N) is 1. The third-order valence-electron chi connectivity index (χ3n) is 3.57. The average Bonchev–Trinajstić information content (AvgIpc) is 2.82. The molecule has 8 heteroatoms. The molecule has 1 aromatic rings. The number of para-hydroxylation sites is 1. The van der Waals surface area contributed by atoms with Gasteiger partial charge in [-0.25, -0.2) is 12.8 Å². The van der Waals surface area contributed by atoms with Crippen molar-refractivity contribution in [3.63, 3.8) is 0 Å². The lowest BCUT2D eigenvalue weighted by molar-refractivity contribution is -0.144. The molecule has 1 N–H and O–H groups in total. The molecular formula is C14H17FN2O4S. The number of hydrogen-bond acceptors (Lipinski definition) is 4. The number of hydrogen-bond donors (Lipinski definition) is 1. The zero-order valence-electron chi connectivity index (χ0n) is 12.1. The van der Waals surface area contributed by atoms with E-state index in [-0.39, 0.29) is 23.7 Å². The second kappa shape index (κ2) is 6.43. The molecule has 22 heavy (non-hydrogen) atoms. The number of carbonyl (C=O) groups is 2. The van der Waals surface area contributed by atoms with E-state index in [2.05, 4.69) is 5.32 Å². The smallest absolute Gasteiger partial charge is 0.313 e. The summed E-state index contributed by atoms with van der Waals surface area (Å²) in [6.45, 7) is 1.88. The van der Waals surface area contributed by atoms with E-state index in [0.717, 1.165) is 0 Å². The monoisotopic (exact) mass is 328 g/mol. The predicted octanol–water partition coefficient (Wildman–Crippen LogP) is 0.800. The van der Waals surface area contributed by atoms with Crippen molar-refractivity contribution < 1.29 is 22.4 Å². The summed E-state index contributed by atoms with van der Waals surface area (Å²) in [5, 5.41) is 2.21. The van der Waals surface area contributed by atoms with Crippen molar-refractivity contribution in [2.24, 2.45) is 0 Å². The Balaban J connectivity index is 2.08. The van der Waals surface area contributed by atoms with E-state index in [4.69, 9.17) is 0 Å². The van der Waals surface area contributed by atoms with Gasteiger partial charge >= 0.3 is 11.8 Å². The second-order valence-electron chi connectivity index (χ2n) is 5.08. The van der Waals surface area contributed by atoms with Crippen LogP contribution in [0.15, 0.2) is 24.3 Å². The molecular weight excluding hydrogens is 311 g/mol. The van der Waals surface area contributed by atoms with Crippen LogP contribution in [0.4, 0.5) is 10.1 Å². The number of amides is 2. The SMILES string of the molecule is CCN(C(=O)C(=O)Nc1ccccc1F)C1CCS(=O)(=O)C1. The topological polar surface area (TPSA) is 83.6 Å². The van der Waals surface area contributed by atoms with Crippen molar-refractivity contribution in [1.29, 1.82) is 0 Å². The Morgan fingerprint density at radius 3 is 2.59 bits per heavy atom. The molecule has 1 aliphatic rings. The molecule has 120 valence electrons.